The molecule has 8 nitrogen and oxygen atoms in total. The van der Waals surface area contributed by atoms with Crippen molar-refractivity contribution < 1.29 is 22.8 Å². The third-order valence-electron chi connectivity index (χ3n) is 5.49. The molecule has 0 unspecified atom stereocenters. The van der Waals surface area contributed by atoms with Gasteiger partial charge in [0, 0.05) is 24.7 Å². The Kier molecular flexibility index (Phi) is 6.84. The predicted molar refractivity (Wildman–Crippen MR) is 138 cm³/mol. The van der Waals surface area contributed by atoms with Gasteiger partial charge in [0.05, 0.1) is 21.7 Å². The van der Waals surface area contributed by atoms with Crippen molar-refractivity contribution in [3.63, 3.8) is 0 Å². The molecule has 4 rings (SSSR count). The molecule has 1 heterocycles. The van der Waals surface area contributed by atoms with E-state index in [4.69, 9.17) is 0 Å². The van der Waals surface area contributed by atoms with Crippen molar-refractivity contribution in [2.75, 3.05) is 16.8 Å². The molecule has 3 aromatic carbocycles. The topological polar surface area (TPSA) is 113 Å². The van der Waals surface area contributed by atoms with E-state index >= 15 is 0 Å². The largest absolute Gasteiger partial charge is 0.326 e. The van der Waals surface area contributed by atoms with Gasteiger partial charge >= 0.3 is 0 Å². The molecule has 9 heteroatoms. The number of nitrogens with one attached hydrogen (secondary N) is 2. The van der Waals surface area contributed by atoms with Crippen LogP contribution in [0.15, 0.2) is 96.4 Å². The number of nitrogens with zero attached hydrogens (tertiary/aromatic N) is 1. The summed E-state index contributed by atoms with van der Waals surface area (Å²) in [6.45, 7) is 5.27. The molecule has 0 bridgehead atoms. The molecule has 1 aliphatic heterocycles. The molecule has 182 valence electrons. The van der Waals surface area contributed by atoms with Gasteiger partial charge in [-0.3, -0.25) is 14.4 Å². The summed E-state index contributed by atoms with van der Waals surface area (Å²) in [5.74, 6) is -1.67. The highest BCUT2D eigenvalue weighted by molar-refractivity contribution is 7.90. The Balaban J connectivity index is 1.79. The van der Waals surface area contributed by atoms with Crippen LogP contribution < -0.4 is 14.9 Å². The number of amides is 3. The highest BCUT2D eigenvalue weighted by Gasteiger charge is 2.36. The average molecular weight is 502 g/mol. The number of benzene rings is 3. The van der Waals surface area contributed by atoms with E-state index in [-0.39, 0.29) is 28.5 Å². The third kappa shape index (κ3) is 4.82. The highest BCUT2D eigenvalue weighted by atomic mass is 32.2. The summed E-state index contributed by atoms with van der Waals surface area (Å²) in [4.78, 5) is 39.6. The van der Waals surface area contributed by atoms with Crippen LogP contribution in [0.4, 0.5) is 11.4 Å². The smallest absolute Gasteiger partial charge is 0.266 e. The number of para-hydroxylation sites is 1. The number of sulfonamides is 1. The van der Waals surface area contributed by atoms with E-state index in [9.17, 15) is 22.8 Å². The number of hydrogen-bond donors (Lipinski definition) is 2. The van der Waals surface area contributed by atoms with Gasteiger partial charge in [0.2, 0.25) is 5.91 Å². The van der Waals surface area contributed by atoms with Crippen LogP contribution in [-0.4, -0.2) is 32.7 Å². The van der Waals surface area contributed by atoms with Gasteiger partial charge in [-0.2, -0.15) is 0 Å². The fourth-order valence-electron chi connectivity index (χ4n) is 3.98. The van der Waals surface area contributed by atoms with E-state index in [0.29, 0.717) is 22.5 Å². The normalized spacial score (nSPS) is 14.1. The van der Waals surface area contributed by atoms with Gasteiger partial charge in [0.1, 0.15) is 0 Å². The number of rotatable bonds is 7. The first-order chi connectivity index (χ1) is 17.2. The summed E-state index contributed by atoms with van der Waals surface area (Å²) in [5, 5.41) is 2.55. The van der Waals surface area contributed by atoms with Gasteiger partial charge in [-0.05, 0) is 35.9 Å². The minimum absolute atomic E-state index is 0.0574. The maximum atomic E-state index is 13.6. The lowest BCUT2D eigenvalue weighted by molar-refractivity contribution is -0.115. The molecule has 3 amide bonds. The molecule has 36 heavy (non-hydrogen) atoms. The van der Waals surface area contributed by atoms with Crippen molar-refractivity contribution in [3.8, 4) is 0 Å². The highest BCUT2D eigenvalue weighted by Crippen LogP contribution is 2.40. The molecule has 0 aromatic heterocycles. The summed E-state index contributed by atoms with van der Waals surface area (Å²) in [7, 11) is -4.29. The Morgan fingerprint density at radius 3 is 2.22 bits per heavy atom. The average Bonchev–Trinajstić information content (AvgIpc) is 3.11. The Hall–Kier alpha value is -4.50. The number of carbonyl (C=O) groups is 3. The lowest BCUT2D eigenvalue weighted by atomic mass is 9.95. The molecule has 0 fully saturated rings. The molecule has 3 aromatic rings. The van der Waals surface area contributed by atoms with E-state index < -0.39 is 21.8 Å². The van der Waals surface area contributed by atoms with Gasteiger partial charge in [-0.25, -0.2) is 13.1 Å². The summed E-state index contributed by atoms with van der Waals surface area (Å²) in [6.07, 6.45) is 1.58. The van der Waals surface area contributed by atoms with E-state index in [2.05, 4.69) is 16.6 Å². The Labute approximate surface area is 209 Å². The van der Waals surface area contributed by atoms with Gasteiger partial charge < -0.3 is 10.2 Å². The molecule has 0 spiro atoms. The zero-order valence-electron chi connectivity index (χ0n) is 19.4. The van der Waals surface area contributed by atoms with Gasteiger partial charge in [-0.1, -0.05) is 54.6 Å². The molecular weight excluding hydrogens is 478 g/mol. The molecule has 0 radical (unpaired) electrons. The van der Waals surface area contributed by atoms with Crippen molar-refractivity contribution in [2.24, 2.45) is 0 Å². The minimum Gasteiger partial charge on any atom is -0.326 e. The van der Waals surface area contributed by atoms with Crippen LogP contribution in [0.2, 0.25) is 0 Å². The van der Waals surface area contributed by atoms with Crippen molar-refractivity contribution >= 4 is 50.3 Å². The van der Waals surface area contributed by atoms with Crippen LogP contribution in [-0.2, 0) is 24.4 Å². The van der Waals surface area contributed by atoms with Gasteiger partial charge in [0.25, 0.3) is 21.8 Å². The second-order valence-corrected chi connectivity index (χ2v) is 9.66. The Morgan fingerprint density at radius 1 is 0.944 bits per heavy atom. The fourth-order valence-corrected chi connectivity index (χ4v) is 4.94. The van der Waals surface area contributed by atoms with Crippen LogP contribution >= 0.6 is 0 Å². The van der Waals surface area contributed by atoms with E-state index in [0.717, 1.165) is 0 Å². The van der Waals surface area contributed by atoms with Crippen LogP contribution in [0.25, 0.3) is 11.1 Å². The van der Waals surface area contributed by atoms with Crippen LogP contribution in [0.1, 0.15) is 18.1 Å². The maximum Gasteiger partial charge on any atom is 0.266 e. The first-order valence-corrected chi connectivity index (χ1v) is 12.5. The molecular formula is C27H23N3O5S. The van der Waals surface area contributed by atoms with Gasteiger partial charge in [0.15, 0.2) is 0 Å². The Bertz CT molecular complexity index is 1490. The van der Waals surface area contributed by atoms with Gasteiger partial charge in [-0.15, -0.1) is 6.58 Å². The quantitative estimate of drug-likeness (QED) is 0.380. The summed E-state index contributed by atoms with van der Waals surface area (Å²) in [5.41, 5.74) is 1.98. The predicted octanol–water partition coefficient (Wildman–Crippen LogP) is 3.59. The first-order valence-electron chi connectivity index (χ1n) is 11.0. The first kappa shape index (κ1) is 24.6. The summed E-state index contributed by atoms with van der Waals surface area (Å²) < 4.78 is 28.2. The molecule has 0 saturated carbocycles. The lowest BCUT2D eigenvalue weighted by Crippen LogP contribution is -2.33. The summed E-state index contributed by atoms with van der Waals surface area (Å²) in [6, 6.07) is 20.8. The second-order valence-electron chi connectivity index (χ2n) is 7.98. The van der Waals surface area contributed by atoms with Crippen LogP contribution in [0, 0.1) is 0 Å². The van der Waals surface area contributed by atoms with E-state index in [1.54, 1.807) is 60.7 Å². The fraction of sp³-hybridized carbons (Fsp3) is 0.0741. The van der Waals surface area contributed by atoms with Crippen LogP contribution in [0.5, 0.6) is 0 Å². The van der Waals surface area contributed by atoms with Crippen molar-refractivity contribution in [1.29, 1.82) is 0 Å². The summed E-state index contributed by atoms with van der Waals surface area (Å²) >= 11 is 0. The second kappa shape index (κ2) is 10.0. The lowest BCUT2D eigenvalue weighted by Gasteiger charge is -2.15. The molecule has 0 aliphatic carbocycles. The molecule has 2 N–H and O–H groups in total. The molecule has 0 atom stereocenters. The van der Waals surface area contributed by atoms with E-state index in [1.165, 1.54) is 36.1 Å². The number of anilines is 2. The van der Waals surface area contributed by atoms with E-state index in [1.807, 2.05) is 0 Å². The molecule has 0 saturated heterocycles. The Morgan fingerprint density at radius 2 is 1.58 bits per heavy atom. The monoisotopic (exact) mass is 501 g/mol. The standard InChI is InChI=1S/C27H23N3O5S/c1-3-17-30-23-12-8-7-11-22(23)25(27(30)33)24(19-9-5-4-6-10-19)26(32)29-36(34,35)21-15-13-20(14-16-21)28-18(2)31/h3-16H,1,17H2,2H3,(H,28,31)(H,29,32)/b25-24+. The number of carbonyl (C=O) groups excluding carboxylic acids is 3. The zero-order valence-corrected chi connectivity index (χ0v) is 20.2. The SMILES string of the molecule is C=CCN1C(=O)/C(=C(/C(=O)NS(=O)(=O)c2ccc(NC(C)=O)cc2)c2ccccc2)c2ccccc21. The number of fused-ring (bicyclic) bond motifs is 1. The third-order valence-corrected chi connectivity index (χ3v) is 6.83. The minimum atomic E-state index is -4.29. The van der Waals surface area contributed by atoms with Crippen LogP contribution in [0.3, 0.4) is 0 Å². The maximum absolute atomic E-state index is 13.6. The van der Waals surface area contributed by atoms with Crippen molar-refractivity contribution in [3.05, 3.63) is 103 Å². The van der Waals surface area contributed by atoms with Crippen molar-refractivity contribution in [2.45, 2.75) is 11.8 Å². The molecule has 1 aliphatic rings. The van der Waals surface area contributed by atoms with Crippen molar-refractivity contribution in [1.82, 2.24) is 4.72 Å². The number of hydrogen-bond acceptors (Lipinski definition) is 5. The zero-order chi connectivity index (χ0) is 25.9.